The minimum atomic E-state index is -0.975. The van der Waals surface area contributed by atoms with Crippen LogP contribution in [0.1, 0.15) is 124 Å². The summed E-state index contributed by atoms with van der Waals surface area (Å²) >= 11 is 0. The van der Waals surface area contributed by atoms with E-state index in [1.165, 1.54) is 0 Å². The van der Waals surface area contributed by atoms with Gasteiger partial charge in [0.25, 0.3) is 0 Å². The van der Waals surface area contributed by atoms with E-state index in [-0.39, 0.29) is 67.5 Å². The molecule has 4 aliphatic rings. The van der Waals surface area contributed by atoms with E-state index in [9.17, 15) is 28.8 Å². The standard InChI is InChI=1S/C38H64N10O6/c1-38(2,3)27(34(39)52)22-30(49)28(14-9-18-42-37(40)41)43-35(53)25-17-20-47-23-26(45-46-47)13-7-8-16-32(51)48-19-10-15-29(48)36(54)44-33(31(50)21-25)24-11-5-4-6-12-24/h23-25,27-29,33,45-46H,4-22H2,1-3H3,(H2,39,52)(H,43,53)(H,44,54)(H4,40,41,42)/t25-,27-,28+,29+,33+/m1/s1. The molecular weight excluding hydrogens is 692 g/mol. The number of nitrogens with one attached hydrogen (secondary N) is 4. The smallest absolute Gasteiger partial charge is 0.243 e. The number of guanidine groups is 1. The molecular formula is C38H64N10O6. The Morgan fingerprint density at radius 1 is 0.944 bits per heavy atom. The van der Waals surface area contributed by atoms with Crippen molar-refractivity contribution in [2.24, 2.45) is 45.4 Å². The number of amides is 4. The summed E-state index contributed by atoms with van der Waals surface area (Å²) in [7, 11) is 0. The zero-order chi connectivity index (χ0) is 39.4. The maximum atomic E-state index is 14.4. The van der Waals surface area contributed by atoms with Gasteiger partial charge < -0.3 is 38.2 Å². The number of nitrogens with zero attached hydrogens (tertiary/aromatic N) is 3. The van der Waals surface area contributed by atoms with Gasteiger partial charge in [0.15, 0.2) is 17.5 Å². The number of nitrogens with two attached hydrogens (primary N) is 3. The average Bonchev–Trinajstić information content (AvgIpc) is 3.80. The number of rotatable bonds is 11. The highest BCUT2D eigenvalue weighted by molar-refractivity contribution is 5.96. The first kappa shape index (κ1) is 42.5. The van der Waals surface area contributed by atoms with Crippen LogP contribution >= 0.6 is 0 Å². The van der Waals surface area contributed by atoms with Crippen LogP contribution in [0.5, 0.6) is 0 Å². The number of hydrogen-bond acceptors (Lipinski definition) is 10. The Bertz CT molecular complexity index is 1420. The Hall–Kier alpha value is -4.21. The molecule has 1 saturated heterocycles. The highest BCUT2D eigenvalue weighted by atomic mass is 16.2. The second kappa shape index (κ2) is 19.9. The summed E-state index contributed by atoms with van der Waals surface area (Å²) in [6.07, 6.45) is 10.7. The number of primary amides is 1. The predicted octanol–water partition coefficient (Wildman–Crippen LogP) is 1.39. The van der Waals surface area contributed by atoms with Gasteiger partial charge in [-0.2, -0.15) is 0 Å². The van der Waals surface area contributed by atoms with Crippen LogP contribution in [-0.4, -0.2) is 88.8 Å². The van der Waals surface area contributed by atoms with E-state index < -0.39 is 47.2 Å². The Morgan fingerprint density at radius 3 is 2.35 bits per heavy atom. The molecule has 2 bridgehead atoms. The summed E-state index contributed by atoms with van der Waals surface area (Å²) in [5.41, 5.74) is 23.3. The molecule has 5 atom stereocenters. The van der Waals surface area contributed by atoms with Gasteiger partial charge in [-0.1, -0.05) is 40.0 Å². The molecule has 3 heterocycles. The van der Waals surface area contributed by atoms with Gasteiger partial charge in [0, 0.05) is 62.6 Å². The van der Waals surface area contributed by atoms with Crippen molar-refractivity contribution in [2.45, 2.75) is 142 Å². The molecule has 4 amide bonds. The third kappa shape index (κ3) is 12.4. The van der Waals surface area contributed by atoms with Crippen LogP contribution in [0, 0.1) is 23.2 Å². The number of ketones is 2. The first-order valence-corrected chi connectivity index (χ1v) is 19.9. The van der Waals surface area contributed by atoms with Crippen molar-refractivity contribution in [3.8, 4) is 0 Å². The van der Waals surface area contributed by atoms with Gasteiger partial charge >= 0.3 is 0 Å². The third-order valence-electron chi connectivity index (χ3n) is 11.4. The minimum absolute atomic E-state index is 0.0498. The van der Waals surface area contributed by atoms with Crippen molar-refractivity contribution in [3.05, 3.63) is 11.9 Å². The van der Waals surface area contributed by atoms with E-state index >= 15 is 0 Å². The summed E-state index contributed by atoms with van der Waals surface area (Å²) in [6, 6.07) is -2.41. The van der Waals surface area contributed by atoms with Crippen LogP contribution in [0.2, 0.25) is 0 Å². The van der Waals surface area contributed by atoms with E-state index in [2.05, 4.69) is 26.6 Å². The molecule has 0 radical (unpaired) electrons. The zero-order valence-corrected chi connectivity index (χ0v) is 32.5. The fourth-order valence-corrected chi connectivity index (χ4v) is 8.17. The molecule has 0 aromatic rings. The predicted molar refractivity (Wildman–Crippen MR) is 204 cm³/mol. The largest absolute Gasteiger partial charge is 0.370 e. The summed E-state index contributed by atoms with van der Waals surface area (Å²) in [5, 5.41) is 7.84. The lowest BCUT2D eigenvalue weighted by Crippen LogP contribution is -2.54. The van der Waals surface area contributed by atoms with E-state index in [0.717, 1.165) is 44.2 Å². The normalized spacial score (nSPS) is 24.9. The molecule has 0 unspecified atom stereocenters. The lowest BCUT2D eigenvalue weighted by Gasteiger charge is -2.33. The number of fused-ring (bicyclic) bond motifs is 2. The van der Waals surface area contributed by atoms with Crippen molar-refractivity contribution in [1.29, 1.82) is 0 Å². The van der Waals surface area contributed by atoms with Gasteiger partial charge in [-0.05, 0) is 75.5 Å². The van der Waals surface area contributed by atoms with Crippen LogP contribution in [0.25, 0.3) is 0 Å². The van der Waals surface area contributed by atoms with Gasteiger partial charge in [0.1, 0.15) is 6.04 Å². The number of allylic oxidation sites excluding steroid dienone is 1. The Labute approximate surface area is 319 Å². The second-order valence-electron chi connectivity index (χ2n) is 16.6. The van der Waals surface area contributed by atoms with Crippen molar-refractivity contribution in [2.75, 3.05) is 19.6 Å². The summed E-state index contributed by atoms with van der Waals surface area (Å²) in [6.45, 7) is 6.61. The average molecular weight is 757 g/mol. The molecule has 16 nitrogen and oxygen atoms in total. The molecule has 302 valence electrons. The van der Waals surface area contributed by atoms with Gasteiger partial charge in [0.05, 0.1) is 12.1 Å². The topological polar surface area (TPSA) is 247 Å². The monoisotopic (exact) mass is 757 g/mol. The molecule has 3 aliphatic heterocycles. The molecule has 0 aromatic carbocycles. The van der Waals surface area contributed by atoms with E-state index in [4.69, 9.17) is 17.2 Å². The Morgan fingerprint density at radius 2 is 1.67 bits per heavy atom. The van der Waals surface area contributed by atoms with E-state index in [1.807, 2.05) is 32.0 Å². The molecule has 1 aliphatic carbocycles. The van der Waals surface area contributed by atoms with Crippen molar-refractivity contribution in [1.82, 2.24) is 31.5 Å². The molecule has 0 spiro atoms. The van der Waals surface area contributed by atoms with Crippen LogP contribution < -0.4 is 38.8 Å². The van der Waals surface area contributed by atoms with Crippen LogP contribution in [0.4, 0.5) is 0 Å². The maximum absolute atomic E-state index is 14.4. The zero-order valence-electron chi connectivity index (χ0n) is 32.5. The van der Waals surface area contributed by atoms with Crippen molar-refractivity contribution < 1.29 is 28.8 Å². The fraction of sp³-hybridized carbons (Fsp3) is 0.763. The number of carbonyl (C=O) groups is 6. The molecule has 2 fully saturated rings. The van der Waals surface area contributed by atoms with Crippen LogP contribution in [-0.2, 0) is 28.8 Å². The Kier molecular flexibility index (Phi) is 15.7. The van der Waals surface area contributed by atoms with Gasteiger partial charge in [-0.3, -0.25) is 38.8 Å². The highest BCUT2D eigenvalue weighted by Gasteiger charge is 2.40. The quantitative estimate of drug-likeness (QED) is 0.0902. The molecule has 4 rings (SSSR count). The number of hydrazine groups is 2. The second-order valence-corrected chi connectivity index (χ2v) is 16.6. The van der Waals surface area contributed by atoms with E-state index in [1.54, 1.807) is 4.90 Å². The molecule has 16 heteroatoms. The van der Waals surface area contributed by atoms with E-state index in [0.29, 0.717) is 51.6 Å². The van der Waals surface area contributed by atoms with Gasteiger partial charge in [-0.15, -0.1) is 5.53 Å². The highest BCUT2D eigenvalue weighted by Crippen LogP contribution is 2.31. The number of hydrogen-bond donors (Lipinski definition) is 7. The van der Waals surface area contributed by atoms with Gasteiger partial charge in [0.2, 0.25) is 23.6 Å². The number of Topliss-reactive ketones (excluding diaryl/α,β-unsaturated/α-hetero) is 2. The van der Waals surface area contributed by atoms with Crippen LogP contribution in [0.3, 0.4) is 0 Å². The SMILES string of the molecule is CC(C)(C)[C@H](CC(=O)[C@H](CCCN=C(N)N)NC(=O)[C@@H]1CCN2C=C(CCCCC(=O)N3CCC[C@H]3C(=O)N[C@@H](C3CCCCC3)C(=O)C1)NN2)C(N)=O. The number of carbonyl (C=O) groups excluding carboxylic acids is 6. The molecule has 1 saturated carbocycles. The lowest BCUT2D eigenvalue weighted by atomic mass is 9.76. The first-order valence-electron chi connectivity index (χ1n) is 19.9. The summed E-state index contributed by atoms with van der Waals surface area (Å²) in [5.74, 6) is -3.81. The number of aliphatic imine (C=N–C) groups is 1. The first-order chi connectivity index (χ1) is 25.6. The van der Waals surface area contributed by atoms with Crippen molar-refractivity contribution in [3.63, 3.8) is 0 Å². The summed E-state index contributed by atoms with van der Waals surface area (Å²) < 4.78 is 0. The molecule has 10 N–H and O–H groups in total. The lowest BCUT2D eigenvalue weighted by molar-refractivity contribution is -0.140. The summed E-state index contributed by atoms with van der Waals surface area (Å²) in [4.78, 5) is 87.8. The van der Waals surface area contributed by atoms with Crippen LogP contribution in [0.15, 0.2) is 16.9 Å². The fourth-order valence-electron chi connectivity index (χ4n) is 8.17. The Balaban J connectivity index is 1.62. The maximum Gasteiger partial charge on any atom is 0.243 e. The van der Waals surface area contributed by atoms with Gasteiger partial charge in [-0.25, -0.2) is 0 Å². The third-order valence-corrected chi connectivity index (χ3v) is 11.4. The molecule has 54 heavy (non-hydrogen) atoms. The van der Waals surface area contributed by atoms with Crippen molar-refractivity contribution >= 4 is 41.2 Å². The molecule has 0 aromatic heterocycles. The minimum Gasteiger partial charge on any atom is -0.370 e.